The third-order valence-corrected chi connectivity index (χ3v) is 3.77. The van der Waals surface area contributed by atoms with Crippen LogP contribution in [0.4, 0.5) is 0 Å². The minimum atomic E-state index is -3.45. The maximum atomic E-state index is 10.9. The van der Waals surface area contributed by atoms with Crippen LogP contribution in [0.5, 0.6) is 0 Å². The van der Waals surface area contributed by atoms with Crippen molar-refractivity contribution >= 4 is 10.0 Å². The first-order chi connectivity index (χ1) is 5.97. The molecular weight excluding hydrogens is 190 g/mol. The first-order valence-corrected chi connectivity index (χ1v) is 6.30. The highest BCUT2D eigenvalue weighted by Crippen LogP contribution is 2.36. The normalized spacial score (nSPS) is 22.9. The summed E-state index contributed by atoms with van der Waals surface area (Å²) in [5.41, 5.74) is -0.453. The van der Waals surface area contributed by atoms with E-state index in [0.717, 1.165) is 32.1 Å². The van der Waals surface area contributed by atoms with Crippen molar-refractivity contribution in [3.05, 3.63) is 0 Å². The summed E-state index contributed by atoms with van der Waals surface area (Å²) < 4.78 is 21.9. The molecule has 0 aromatic carbocycles. The van der Waals surface area contributed by atoms with Gasteiger partial charge in [0.1, 0.15) is 0 Å². The van der Waals surface area contributed by atoms with Crippen LogP contribution in [0.1, 0.15) is 32.1 Å². The molecule has 3 N–H and O–H groups in total. The number of aliphatic hydroxyl groups excluding tert-OH is 1. The average molecular weight is 207 g/mol. The molecule has 78 valence electrons. The molecule has 0 aromatic heterocycles. The monoisotopic (exact) mass is 207 g/mol. The molecular formula is C8H17NO3S. The predicted molar refractivity (Wildman–Crippen MR) is 50.6 cm³/mol. The van der Waals surface area contributed by atoms with Crippen molar-refractivity contribution in [1.29, 1.82) is 0 Å². The van der Waals surface area contributed by atoms with Crippen LogP contribution in [0.25, 0.3) is 0 Å². The Labute approximate surface area is 79.2 Å². The maximum absolute atomic E-state index is 10.9. The minimum Gasteiger partial charge on any atom is -0.396 e. The second kappa shape index (κ2) is 3.94. The van der Waals surface area contributed by atoms with Crippen molar-refractivity contribution in [2.45, 2.75) is 32.1 Å². The zero-order valence-corrected chi connectivity index (χ0v) is 8.52. The Morgan fingerprint density at radius 2 is 1.77 bits per heavy atom. The van der Waals surface area contributed by atoms with Gasteiger partial charge in [-0.1, -0.05) is 19.3 Å². The van der Waals surface area contributed by atoms with Gasteiger partial charge in [0.25, 0.3) is 0 Å². The molecule has 13 heavy (non-hydrogen) atoms. The molecule has 0 aliphatic heterocycles. The Morgan fingerprint density at radius 3 is 2.15 bits per heavy atom. The fourth-order valence-electron chi connectivity index (χ4n) is 2.08. The SMILES string of the molecule is NS(=O)(=O)CC1(CO)CCCCC1. The van der Waals surface area contributed by atoms with Gasteiger partial charge in [-0.05, 0) is 12.8 Å². The fraction of sp³-hybridized carbons (Fsp3) is 1.00. The van der Waals surface area contributed by atoms with Crippen LogP contribution in [0.2, 0.25) is 0 Å². The third kappa shape index (κ3) is 3.25. The summed E-state index contributed by atoms with van der Waals surface area (Å²) in [5.74, 6) is -0.0729. The highest BCUT2D eigenvalue weighted by atomic mass is 32.2. The smallest absolute Gasteiger partial charge is 0.209 e. The number of sulfonamides is 1. The van der Waals surface area contributed by atoms with Gasteiger partial charge in [0, 0.05) is 12.0 Å². The van der Waals surface area contributed by atoms with E-state index < -0.39 is 15.4 Å². The molecule has 4 nitrogen and oxygen atoms in total. The van der Waals surface area contributed by atoms with Gasteiger partial charge in [-0.25, -0.2) is 13.6 Å². The predicted octanol–water partition coefficient (Wildman–Crippen LogP) is 0.218. The summed E-state index contributed by atoms with van der Waals surface area (Å²) >= 11 is 0. The molecule has 1 aliphatic rings. The van der Waals surface area contributed by atoms with Gasteiger partial charge in [0.15, 0.2) is 0 Å². The number of hydrogen-bond donors (Lipinski definition) is 2. The summed E-state index contributed by atoms with van der Waals surface area (Å²) in [4.78, 5) is 0. The fourth-order valence-corrected chi connectivity index (χ4v) is 3.31. The summed E-state index contributed by atoms with van der Waals surface area (Å²) in [6.45, 7) is -0.0660. The van der Waals surface area contributed by atoms with Crippen molar-refractivity contribution in [3.63, 3.8) is 0 Å². The van der Waals surface area contributed by atoms with E-state index in [-0.39, 0.29) is 12.4 Å². The van der Waals surface area contributed by atoms with Crippen LogP contribution in [0.3, 0.4) is 0 Å². The lowest BCUT2D eigenvalue weighted by Gasteiger charge is -2.34. The topological polar surface area (TPSA) is 80.4 Å². The molecule has 0 saturated heterocycles. The summed E-state index contributed by atoms with van der Waals surface area (Å²) in [7, 11) is -3.45. The van der Waals surface area contributed by atoms with E-state index in [1.54, 1.807) is 0 Å². The molecule has 0 atom stereocenters. The van der Waals surface area contributed by atoms with E-state index in [1.807, 2.05) is 0 Å². The summed E-state index contributed by atoms with van der Waals surface area (Å²) in [5, 5.41) is 14.2. The van der Waals surface area contributed by atoms with Gasteiger partial charge in [-0.2, -0.15) is 0 Å². The largest absolute Gasteiger partial charge is 0.396 e. The van der Waals surface area contributed by atoms with Crippen LogP contribution in [-0.2, 0) is 10.0 Å². The number of rotatable bonds is 3. The maximum Gasteiger partial charge on any atom is 0.209 e. The molecule has 1 saturated carbocycles. The van der Waals surface area contributed by atoms with E-state index in [0.29, 0.717) is 0 Å². The molecule has 0 radical (unpaired) electrons. The van der Waals surface area contributed by atoms with Crippen LogP contribution in [0.15, 0.2) is 0 Å². The zero-order valence-electron chi connectivity index (χ0n) is 7.70. The van der Waals surface area contributed by atoms with Crippen LogP contribution in [-0.4, -0.2) is 25.9 Å². The van der Waals surface area contributed by atoms with Crippen molar-refractivity contribution in [2.75, 3.05) is 12.4 Å². The Hall–Kier alpha value is -0.130. The molecule has 0 amide bonds. The van der Waals surface area contributed by atoms with E-state index in [1.165, 1.54) is 0 Å². The first kappa shape index (κ1) is 10.9. The molecule has 0 spiro atoms. The van der Waals surface area contributed by atoms with E-state index in [4.69, 9.17) is 5.14 Å². The van der Waals surface area contributed by atoms with Crippen molar-refractivity contribution in [1.82, 2.24) is 0 Å². The van der Waals surface area contributed by atoms with Gasteiger partial charge in [0.05, 0.1) is 5.75 Å². The standard InChI is InChI=1S/C8H17NO3S/c9-13(11,12)7-8(6-10)4-2-1-3-5-8/h10H,1-7H2,(H2,9,11,12). The van der Waals surface area contributed by atoms with Crippen LogP contribution in [0, 0.1) is 5.41 Å². The number of primary sulfonamides is 1. The summed E-state index contributed by atoms with van der Waals surface area (Å²) in [6, 6.07) is 0. The van der Waals surface area contributed by atoms with Crippen molar-refractivity contribution in [2.24, 2.45) is 10.6 Å². The van der Waals surface area contributed by atoms with Gasteiger partial charge >= 0.3 is 0 Å². The number of nitrogens with two attached hydrogens (primary N) is 1. The second-order valence-corrected chi connectivity index (χ2v) is 5.64. The van der Waals surface area contributed by atoms with Gasteiger partial charge in [0.2, 0.25) is 10.0 Å². The molecule has 0 unspecified atom stereocenters. The second-order valence-electron chi connectivity index (χ2n) is 4.03. The number of hydrogen-bond acceptors (Lipinski definition) is 3. The third-order valence-electron chi connectivity index (χ3n) is 2.76. The Kier molecular flexibility index (Phi) is 3.32. The average Bonchev–Trinajstić information content (AvgIpc) is 2.03. The first-order valence-electron chi connectivity index (χ1n) is 4.59. The van der Waals surface area contributed by atoms with Gasteiger partial charge in [-0.3, -0.25) is 0 Å². The van der Waals surface area contributed by atoms with Crippen LogP contribution >= 0.6 is 0 Å². The number of aliphatic hydroxyl groups is 1. The van der Waals surface area contributed by atoms with Crippen molar-refractivity contribution < 1.29 is 13.5 Å². The van der Waals surface area contributed by atoms with Gasteiger partial charge < -0.3 is 5.11 Å². The quantitative estimate of drug-likeness (QED) is 0.694. The highest BCUT2D eigenvalue weighted by molar-refractivity contribution is 7.89. The van der Waals surface area contributed by atoms with E-state index in [9.17, 15) is 13.5 Å². The molecule has 1 aliphatic carbocycles. The molecule has 0 bridgehead atoms. The lowest BCUT2D eigenvalue weighted by molar-refractivity contribution is 0.103. The Morgan fingerprint density at radius 1 is 1.23 bits per heavy atom. The molecule has 0 heterocycles. The highest BCUT2D eigenvalue weighted by Gasteiger charge is 2.34. The Balaban J connectivity index is 2.68. The zero-order chi connectivity index (χ0) is 9.95. The lowest BCUT2D eigenvalue weighted by atomic mass is 9.76. The minimum absolute atomic E-state index is 0.0660. The summed E-state index contributed by atoms with van der Waals surface area (Å²) in [6.07, 6.45) is 4.68. The van der Waals surface area contributed by atoms with E-state index in [2.05, 4.69) is 0 Å². The Bertz CT molecular complexity index is 255. The lowest BCUT2D eigenvalue weighted by Crippen LogP contribution is -2.38. The molecule has 5 heteroatoms. The van der Waals surface area contributed by atoms with E-state index >= 15 is 0 Å². The molecule has 0 aromatic rings. The van der Waals surface area contributed by atoms with Gasteiger partial charge in [-0.15, -0.1) is 0 Å². The molecule has 1 rings (SSSR count). The van der Waals surface area contributed by atoms with Crippen molar-refractivity contribution in [3.8, 4) is 0 Å². The molecule has 1 fully saturated rings. The van der Waals surface area contributed by atoms with Crippen LogP contribution < -0.4 is 5.14 Å².